The molecule has 2 unspecified atom stereocenters. The van der Waals surface area contributed by atoms with Crippen molar-refractivity contribution >= 4 is 0 Å². The molecule has 0 fully saturated rings. The van der Waals surface area contributed by atoms with Crippen molar-refractivity contribution < 1.29 is 0 Å². The molecule has 0 bridgehead atoms. The maximum atomic E-state index is 2.71. The highest BCUT2D eigenvalue weighted by Gasteiger charge is 2.44. The molecule has 0 radical (unpaired) electrons. The maximum absolute atomic E-state index is 2.71. The molecule has 0 saturated carbocycles. The van der Waals surface area contributed by atoms with Gasteiger partial charge in [-0.05, 0) is 136 Å². The van der Waals surface area contributed by atoms with Crippen molar-refractivity contribution in [3.63, 3.8) is 0 Å². The van der Waals surface area contributed by atoms with E-state index in [0.29, 0.717) is 0 Å². The number of benzene rings is 4. The first-order valence-corrected chi connectivity index (χ1v) is 20.7. The van der Waals surface area contributed by atoms with Gasteiger partial charge in [-0.15, -0.1) is 0 Å². The molecular weight excluding hydrogens is 601 g/mol. The minimum atomic E-state index is 0.106. The second kappa shape index (κ2) is 14.5. The van der Waals surface area contributed by atoms with Crippen LogP contribution in [0.25, 0.3) is 11.1 Å². The summed E-state index contributed by atoms with van der Waals surface area (Å²) in [6, 6.07) is 33.7. The van der Waals surface area contributed by atoms with Crippen molar-refractivity contribution in [2.75, 3.05) is 0 Å². The molecule has 2 atom stereocenters. The Kier molecular flexibility index (Phi) is 10.2. The van der Waals surface area contributed by atoms with Crippen LogP contribution in [-0.2, 0) is 29.1 Å². The van der Waals surface area contributed by atoms with Crippen molar-refractivity contribution in [2.24, 2.45) is 0 Å². The highest BCUT2D eigenvalue weighted by molar-refractivity contribution is 5.82. The van der Waals surface area contributed by atoms with Gasteiger partial charge in [0.2, 0.25) is 0 Å². The van der Waals surface area contributed by atoms with Crippen LogP contribution in [0.3, 0.4) is 0 Å². The highest BCUT2D eigenvalue weighted by Crippen LogP contribution is 2.56. The molecule has 0 spiro atoms. The van der Waals surface area contributed by atoms with Crippen LogP contribution >= 0.6 is 0 Å². The van der Waals surface area contributed by atoms with Gasteiger partial charge in [0.15, 0.2) is 0 Å². The normalized spacial score (nSPS) is 20.4. The van der Waals surface area contributed by atoms with E-state index in [4.69, 9.17) is 0 Å². The third kappa shape index (κ3) is 6.44. The van der Waals surface area contributed by atoms with Crippen LogP contribution in [0.4, 0.5) is 0 Å². The lowest BCUT2D eigenvalue weighted by molar-refractivity contribution is 0.388. The van der Waals surface area contributed by atoms with E-state index in [0.717, 1.165) is 18.3 Å². The fraction of sp³-hybridized carbons (Fsp3) is 0.520. The van der Waals surface area contributed by atoms with Gasteiger partial charge < -0.3 is 0 Å². The molecule has 0 heterocycles. The Morgan fingerprint density at radius 3 is 1.50 bits per heavy atom. The predicted molar refractivity (Wildman–Crippen MR) is 216 cm³/mol. The monoisotopic (exact) mass is 665 g/mol. The second-order valence-corrected chi connectivity index (χ2v) is 17.5. The molecule has 0 saturated heterocycles. The fourth-order valence-corrected chi connectivity index (χ4v) is 10.0. The van der Waals surface area contributed by atoms with E-state index in [1.54, 1.807) is 38.9 Å². The molecule has 0 nitrogen and oxygen atoms in total. The van der Waals surface area contributed by atoms with Crippen molar-refractivity contribution in [3.05, 3.63) is 129 Å². The van der Waals surface area contributed by atoms with Gasteiger partial charge in [-0.3, -0.25) is 0 Å². The number of unbranched alkanes of at least 4 members (excludes halogenated alkanes) is 4. The molecule has 0 aliphatic heterocycles. The van der Waals surface area contributed by atoms with Gasteiger partial charge in [0.25, 0.3) is 0 Å². The quantitative estimate of drug-likeness (QED) is 0.0986. The Morgan fingerprint density at radius 1 is 0.540 bits per heavy atom. The van der Waals surface area contributed by atoms with Crippen LogP contribution in [-0.4, -0.2) is 0 Å². The van der Waals surface area contributed by atoms with E-state index in [-0.39, 0.29) is 16.2 Å². The Bertz CT molecular complexity index is 1720. The van der Waals surface area contributed by atoms with Crippen LogP contribution in [0.1, 0.15) is 181 Å². The smallest absolute Gasteiger partial charge is 0.0215 e. The van der Waals surface area contributed by atoms with Gasteiger partial charge in [-0.1, -0.05) is 165 Å². The first-order valence-electron chi connectivity index (χ1n) is 20.7. The van der Waals surface area contributed by atoms with Gasteiger partial charge in [-0.2, -0.15) is 0 Å². The van der Waals surface area contributed by atoms with Gasteiger partial charge >= 0.3 is 0 Å². The van der Waals surface area contributed by atoms with Crippen molar-refractivity contribution in [1.29, 1.82) is 0 Å². The fourth-order valence-electron chi connectivity index (χ4n) is 10.0. The Hall–Kier alpha value is -3.12. The van der Waals surface area contributed by atoms with Crippen molar-refractivity contribution in [1.82, 2.24) is 0 Å². The first kappa shape index (κ1) is 35.3. The number of rotatable bonds is 17. The summed E-state index contributed by atoms with van der Waals surface area (Å²) >= 11 is 0. The molecule has 4 aromatic carbocycles. The zero-order chi connectivity index (χ0) is 34.9. The number of hydrogen-bond acceptors (Lipinski definition) is 0. The third-order valence-electron chi connectivity index (χ3n) is 14.5. The summed E-state index contributed by atoms with van der Waals surface area (Å²) in [5, 5.41) is 0. The zero-order valence-electron chi connectivity index (χ0n) is 32.3. The molecule has 0 amide bonds. The van der Waals surface area contributed by atoms with Gasteiger partial charge in [0.1, 0.15) is 0 Å². The van der Waals surface area contributed by atoms with E-state index in [1.165, 1.54) is 107 Å². The Morgan fingerprint density at radius 2 is 1.02 bits per heavy atom. The van der Waals surface area contributed by atoms with Gasteiger partial charge in [0, 0.05) is 5.41 Å². The molecule has 3 aliphatic carbocycles. The molecule has 3 aliphatic rings. The summed E-state index contributed by atoms with van der Waals surface area (Å²) in [6.07, 6.45) is 19.4. The minimum Gasteiger partial charge on any atom is -0.0646 e. The molecule has 264 valence electrons. The zero-order valence-corrected chi connectivity index (χ0v) is 32.3. The van der Waals surface area contributed by atoms with Crippen LogP contribution in [0.2, 0.25) is 0 Å². The molecule has 0 N–H and O–H groups in total. The average Bonchev–Trinajstić information content (AvgIpc) is 3.39. The largest absolute Gasteiger partial charge is 0.0646 e. The minimum absolute atomic E-state index is 0.106. The van der Waals surface area contributed by atoms with Crippen LogP contribution < -0.4 is 0 Å². The van der Waals surface area contributed by atoms with Crippen LogP contribution in [0.5, 0.6) is 0 Å². The summed E-state index contributed by atoms with van der Waals surface area (Å²) in [4.78, 5) is 0. The summed E-state index contributed by atoms with van der Waals surface area (Å²) in [7, 11) is 0. The average molecular weight is 665 g/mol. The van der Waals surface area contributed by atoms with E-state index in [1.807, 2.05) is 0 Å². The van der Waals surface area contributed by atoms with E-state index < -0.39 is 0 Å². The highest BCUT2D eigenvalue weighted by atomic mass is 14.5. The second-order valence-electron chi connectivity index (χ2n) is 17.5. The van der Waals surface area contributed by atoms with Crippen LogP contribution in [0.15, 0.2) is 84.9 Å². The van der Waals surface area contributed by atoms with Crippen molar-refractivity contribution in [3.8, 4) is 11.1 Å². The lowest BCUT2D eigenvalue weighted by Gasteiger charge is -2.36. The lowest BCUT2D eigenvalue weighted by Crippen LogP contribution is -2.28. The van der Waals surface area contributed by atoms with Crippen LogP contribution in [0, 0.1) is 0 Å². The molecule has 7 rings (SSSR count). The summed E-state index contributed by atoms with van der Waals surface area (Å²) in [5.74, 6) is 1.58. The maximum Gasteiger partial charge on any atom is 0.0215 e. The number of fused-ring (bicyclic) bond motifs is 5. The Labute approximate surface area is 305 Å². The summed E-state index contributed by atoms with van der Waals surface area (Å²) in [5.41, 5.74) is 16.4. The molecule has 0 heteroatoms. The standard InChI is InChI=1S/C50H64/c1-7-48(4,5)40-26-28-44-45-29-27-41(49(6,8-2)9-3)35-47(45)50(46(44)34-40,30-18-10-12-20-36-32-38-22-14-16-24-42(36)38)31-19-11-13-21-37-33-39-23-15-17-25-43(37)39/h14-17,22-29,34-37H,7-13,18-21,30-33H2,1-6H3. The predicted octanol–water partition coefficient (Wildman–Crippen LogP) is 14.3. The third-order valence-corrected chi connectivity index (χ3v) is 14.5. The van der Waals surface area contributed by atoms with E-state index in [2.05, 4.69) is 126 Å². The molecular formula is C50H64. The first-order chi connectivity index (χ1) is 24.2. The molecule has 0 aromatic heterocycles. The van der Waals surface area contributed by atoms with Gasteiger partial charge in [0.05, 0.1) is 0 Å². The SMILES string of the molecule is CCC(C)(C)c1ccc2c(c1)C(CCCCCC1Cc3ccccc31)(CCCCCC1Cc3ccccc31)c1cc(C(C)(CC)CC)ccc1-2. The van der Waals surface area contributed by atoms with Gasteiger partial charge in [-0.25, -0.2) is 0 Å². The van der Waals surface area contributed by atoms with E-state index >= 15 is 0 Å². The molecule has 50 heavy (non-hydrogen) atoms. The topological polar surface area (TPSA) is 0 Å². The van der Waals surface area contributed by atoms with Crippen molar-refractivity contribution in [2.45, 2.75) is 166 Å². The Balaban J connectivity index is 1.16. The summed E-state index contributed by atoms with van der Waals surface area (Å²) < 4.78 is 0. The number of hydrogen-bond donors (Lipinski definition) is 0. The summed E-state index contributed by atoms with van der Waals surface area (Å²) in [6.45, 7) is 14.5. The van der Waals surface area contributed by atoms with E-state index in [9.17, 15) is 0 Å². The molecule has 4 aromatic rings. The lowest BCUT2D eigenvalue weighted by atomic mass is 9.68.